The van der Waals surface area contributed by atoms with Crippen molar-refractivity contribution in [2.75, 3.05) is 18.0 Å². The van der Waals surface area contributed by atoms with Crippen LogP contribution in [0.4, 0.5) is 5.69 Å². The summed E-state index contributed by atoms with van der Waals surface area (Å²) in [6, 6.07) is 6.90. The summed E-state index contributed by atoms with van der Waals surface area (Å²) in [7, 11) is 0. The van der Waals surface area contributed by atoms with Crippen LogP contribution < -0.4 is 10.2 Å². The fraction of sp³-hybridized carbons (Fsp3) is 0.667. The van der Waals surface area contributed by atoms with Gasteiger partial charge in [-0.1, -0.05) is 31.0 Å². The molecule has 112 valence electrons. The Morgan fingerprint density at radius 1 is 1.30 bits per heavy atom. The monoisotopic (exact) mass is 274 g/mol. The van der Waals surface area contributed by atoms with E-state index in [-0.39, 0.29) is 5.54 Å². The number of hydrogen-bond acceptors (Lipinski definition) is 2. The van der Waals surface area contributed by atoms with Crippen LogP contribution in [0.25, 0.3) is 0 Å². The average molecular weight is 274 g/mol. The first-order chi connectivity index (χ1) is 9.39. The summed E-state index contributed by atoms with van der Waals surface area (Å²) in [6.07, 6.45) is 2.65. The Balaban J connectivity index is 2.16. The molecule has 0 radical (unpaired) electrons. The number of anilines is 1. The summed E-state index contributed by atoms with van der Waals surface area (Å²) in [4.78, 5) is 2.58. The predicted octanol–water partition coefficient (Wildman–Crippen LogP) is 4.12. The molecule has 0 spiro atoms. The number of aryl methyl sites for hydroxylation is 1. The van der Waals surface area contributed by atoms with Gasteiger partial charge in [0, 0.05) is 30.9 Å². The van der Waals surface area contributed by atoms with Crippen LogP contribution in [0.2, 0.25) is 0 Å². The Labute approximate surface area is 124 Å². The Bertz CT molecular complexity index is 445. The number of hydrogen-bond donors (Lipinski definition) is 1. The zero-order chi connectivity index (χ0) is 14.8. The summed E-state index contributed by atoms with van der Waals surface area (Å²) >= 11 is 0. The molecule has 1 saturated heterocycles. The molecule has 0 saturated carbocycles. The van der Waals surface area contributed by atoms with E-state index in [4.69, 9.17) is 0 Å². The smallest absolute Gasteiger partial charge is 0.0412 e. The normalized spacial score (nSPS) is 19.6. The van der Waals surface area contributed by atoms with Gasteiger partial charge in [0.25, 0.3) is 0 Å². The Morgan fingerprint density at radius 3 is 2.65 bits per heavy atom. The van der Waals surface area contributed by atoms with E-state index >= 15 is 0 Å². The molecule has 1 fully saturated rings. The molecule has 0 amide bonds. The fourth-order valence-corrected chi connectivity index (χ4v) is 2.91. The third kappa shape index (κ3) is 3.99. The minimum Gasteiger partial charge on any atom is -0.371 e. The minimum atomic E-state index is 0.165. The minimum absolute atomic E-state index is 0.165. The highest BCUT2D eigenvalue weighted by molar-refractivity contribution is 5.55. The first kappa shape index (κ1) is 15.4. The summed E-state index contributed by atoms with van der Waals surface area (Å²) in [6.45, 7) is 14.6. The van der Waals surface area contributed by atoms with Crippen LogP contribution in [0.15, 0.2) is 18.2 Å². The van der Waals surface area contributed by atoms with Gasteiger partial charge in [-0.05, 0) is 51.7 Å². The van der Waals surface area contributed by atoms with Gasteiger partial charge in [0.1, 0.15) is 0 Å². The number of benzene rings is 1. The quantitative estimate of drug-likeness (QED) is 0.888. The van der Waals surface area contributed by atoms with Gasteiger partial charge in [-0.15, -0.1) is 0 Å². The molecule has 1 heterocycles. The van der Waals surface area contributed by atoms with Crippen molar-refractivity contribution in [2.45, 2.75) is 59.5 Å². The van der Waals surface area contributed by atoms with E-state index in [0.29, 0.717) is 0 Å². The maximum atomic E-state index is 3.63. The van der Waals surface area contributed by atoms with E-state index in [1.165, 1.54) is 42.7 Å². The number of nitrogens with one attached hydrogen (secondary N) is 1. The molecule has 0 bridgehead atoms. The lowest BCUT2D eigenvalue weighted by atomic mass is 10.0. The van der Waals surface area contributed by atoms with Crippen molar-refractivity contribution < 1.29 is 0 Å². The first-order valence-electron chi connectivity index (χ1n) is 7.98. The molecule has 1 N–H and O–H groups in total. The molecule has 1 atom stereocenters. The highest BCUT2D eigenvalue weighted by atomic mass is 15.2. The van der Waals surface area contributed by atoms with E-state index < -0.39 is 0 Å². The Kier molecular flexibility index (Phi) is 4.74. The fourth-order valence-electron chi connectivity index (χ4n) is 2.91. The van der Waals surface area contributed by atoms with Crippen molar-refractivity contribution in [3.8, 4) is 0 Å². The second-order valence-electron chi connectivity index (χ2n) is 7.24. The maximum Gasteiger partial charge on any atom is 0.0412 e. The van der Waals surface area contributed by atoms with Crippen molar-refractivity contribution in [3.63, 3.8) is 0 Å². The maximum absolute atomic E-state index is 3.63. The van der Waals surface area contributed by atoms with Crippen LogP contribution in [0, 0.1) is 12.8 Å². The number of rotatable bonds is 4. The van der Waals surface area contributed by atoms with Gasteiger partial charge in [0.05, 0.1) is 0 Å². The molecule has 1 aliphatic heterocycles. The second kappa shape index (κ2) is 6.17. The van der Waals surface area contributed by atoms with Crippen molar-refractivity contribution >= 4 is 5.69 Å². The van der Waals surface area contributed by atoms with Crippen LogP contribution >= 0.6 is 0 Å². The molecule has 2 heteroatoms. The topological polar surface area (TPSA) is 15.3 Å². The Hall–Kier alpha value is -1.02. The molecular weight excluding hydrogens is 244 g/mol. The zero-order valence-corrected chi connectivity index (χ0v) is 13.8. The van der Waals surface area contributed by atoms with Crippen molar-refractivity contribution in [1.82, 2.24) is 5.32 Å². The zero-order valence-electron chi connectivity index (χ0n) is 13.8. The van der Waals surface area contributed by atoms with Gasteiger partial charge in [-0.25, -0.2) is 0 Å². The molecule has 1 aromatic rings. The van der Waals surface area contributed by atoms with Crippen LogP contribution in [-0.2, 0) is 6.54 Å². The largest absolute Gasteiger partial charge is 0.371 e. The van der Waals surface area contributed by atoms with E-state index in [0.717, 1.165) is 12.5 Å². The summed E-state index contributed by atoms with van der Waals surface area (Å²) in [5.74, 6) is 0.875. The third-order valence-electron chi connectivity index (χ3n) is 4.25. The first-order valence-corrected chi connectivity index (χ1v) is 7.98. The lowest BCUT2D eigenvalue weighted by Gasteiger charge is -2.26. The Morgan fingerprint density at radius 2 is 2.05 bits per heavy atom. The van der Waals surface area contributed by atoms with Crippen molar-refractivity contribution in [3.05, 3.63) is 29.3 Å². The summed E-state index contributed by atoms with van der Waals surface area (Å²) < 4.78 is 0. The molecule has 2 rings (SSSR count). The van der Waals surface area contributed by atoms with E-state index in [1.54, 1.807) is 0 Å². The van der Waals surface area contributed by atoms with E-state index in [1.807, 2.05) is 0 Å². The third-order valence-corrected chi connectivity index (χ3v) is 4.25. The molecule has 1 aliphatic rings. The standard InChI is InChI=1S/C18H30N2/c1-6-15-9-10-20(13-15)17-8-7-14(2)11-16(17)12-19-18(3,4)5/h7-8,11,15,19H,6,9-10,12-13H2,1-5H3. The average Bonchev–Trinajstić information content (AvgIpc) is 2.84. The number of nitrogens with zero attached hydrogens (tertiary/aromatic N) is 1. The van der Waals surface area contributed by atoms with Crippen molar-refractivity contribution in [2.24, 2.45) is 5.92 Å². The van der Waals surface area contributed by atoms with Crippen LogP contribution in [0.1, 0.15) is 51.7 Å². The van der Waals surface area contributed by atoms with Crippen LogP contribution in [0.3, 0.4) is 0 Å². The van der Waals surface area contributed by atoms with Gasteiger partial charge in [0.15, 0.2) is 0 Å². The highest BCUT2D eigenvalue weighted by Crippen LogP contribution is 2.29. The molecule has 2 nitrogen and oxygen atoms in total. The molecule has 1 aromatic carbocycles. The van der Waals surface area contributed by atoms with Crippen LogP contribution in [-0.4, -0.2) is 18.6 Å². The lowest BCUT2D eigenvalue weighted by molar-refractivity contribution is 0.424. The lowest BCUT2D eigenvalue weighted by Crippen LogP contribution is -2.35. The van der Waals surface area contributed by atoms with Crippen LogP contribution in [0.5, 0.6) is 0 Å². The SMILES string of the molecule is CCC1CCN(c2ccc(C)cc2CNC(C)(C)C)C1. The van der Waals surface area contributed by atoms with E-state index in [9.17, 15) is 0 Å². The molecular formula is C18H30N2. The van der Waals surface area contributed by atoms with Crippen molar-refractivity contribution in [1.29, 1.82) is 0 Å². The predicted molar refractivity (Wildman–Crippen MR) is 88.4 cm³/mol. The molecule has 0 aliphatic carbocycles. The second-order valence-corrected chi connectivity index (χ2v) is 7.24. The molecule has 0 aromatic heterocycles. The van der Waals surface area contributed by atoms with Gasteiger partial charge in [0.2, 0.25) is 0 Å². The highest BCUT2D eigenvalue weighted by Gasteiger charge is 2.23. The van der Waals surface area contributed by atoms with Gasteiger partial charge < -0.3 is 10.2 Å². The van der Waals surface area contributed by atoms with Gasteiger partial charge in [-0.2, -0.15) is 0 Å². The summed E-state index contributed by atoms with van der Waals surface area (Å²) in [5.41, 5.74) is 4.39. The van der Waals surface area contributed by atoms with Gasteiger partial charge in [-0.3, -0.25) is 0 Å². The molecule has 20 heavy (non-hydrogen) atoms. The summed E-state index contributed by atoms with van der Waals surface area (Å²) in [5, 5.41) is 3.63. The van der Waals surface area contributed by atoms with E-state index in [2.05, 4.69) is 63.0 Å². The molecule has 1 unspecified atom stereocenters. The van der Waals surface area contributed by atoms with Gasteiger partial charge >= 0.3 is 0 Å².